The molecular formula is C17H17BrClNO2. The number of hydrogen-bond donors (Lipinski definition) is 0. The molecule has 116 valence electrons. The number of rotatable bonds is 5. The van der Waals surface area contributed by atoms with Crippen molar-refractivity contribution in [1.29, 1.82) is 0 Å². The summed E-state index contributed by atoms with van der Waals surface area (Å²) in [5, 5.41) is 0.645. The number of amides is 1. The van der Waals surface area contributed by atoms with E-state index in [4.69, 9.17) is 16.3 Å². The van der Waals surface area contributed by atoms with E-state index < -0.39 is 0 Å². The molecule has 0 atom stereocenters. The fraction of sp³-hybridized carbons (Fsp3) is 0.235. The number of halogens is 2. The summed E-state index contributed by atoms with van der Waals surface area (Å²) in [7, 11) is 1.75. The number of hydrogen-bond acceptors (Lipinski definition) is 2. The zero-order valence-electron chi connectivity index (χ0n) is 12.5. The molecule has 0 radical (unpaired) electrons. The van der Waals surface area contributed by atoms with E-state index in [0.717, 1.165) is 21.3 Å². The van der Waals surface area contributed by atoms with Gasteiger partial charge in [0.15, 0.2) is 0 Å². The summed E-state index contributed by atoms with van der Waals surface area (Å²) in [4.78, 5) is 13.8. The number of carbonyl (C=O) groups excluding carboxylic acids is 1. The first kappa shape index (κ1) is 17.0. The van der Waals surface area contributed by atoms with Crippen LogP contribution in [0.15, 0.2) is 46.9 Å². The van der Waals surface area contributed by atoms with Gasteiger partial charge in [-0.2, -0.15) is 0 Å². The maximum atomic E-state index is 12.2. The number of likely N-dealkylation sites (N-methyl/N-ethyl adjacent to an activating group) is 1. The van der Waals surface area contributed by atoms with Crippen LogP contribution in [-0.2, 0) is 16.1 Å². The molecule has 0 aliphatic rings. The van der Waals surface area contributed by atoms with Crippen molar-refractivity contribution in [2.24, 2.45) is 0 Å². The molecule has 0 saturated carbocycles. The fourth-order valence-corrected chi connectivity index (χ4v) is 2.76. The summed E-state index contributed by atoms with van der Waals surface area (Å²) >= 11 is 9.47. The van der Waals surface area contributed by atoms with Crippen molar-refractivity contribution < 1.29 is 9.53 Å². The summed E-state index contributed by atoms with van der Waals surface area (Å²) in [5.74, 6) is -0.0996. The van der Waals surface area contributed by atoms with Gasteiger partial charge in [0.05, 0.1) is 6.61 Å². The first-order valence-corrected chi connectivity index (χ1v) is 8.00. The second-order valence-corrected chi connectivity index (χ2v) is 6.29. The van der Waals surface area contributed by atoms with Crippen LogP contribution in [0.1, 0.15) is 11.1 Å². The van der Waals surface area contributed by atoms with Gasteiger partial charge in [-0.3, -0.25) is 4.79 Å². The molecule has 2 aromatic rings. The molecule has 5 heteroatoms. The fourth-order valence-electron chi connectivity index (χ4n) is 2.09. The molecule has 0 spiro atoms. The summed E-state index contributed by atoms with van der Waals surface area (Å²) in [6.07, 6.45) is 0. The van der Waals surface area contributed by atoms with Gasteiger partial charge in [-0.25, -0.2) is 0 Å². The van der Waals surface area contributed by atoms with Gasteiger partial charge in [-0.05, 0) is 42.3 Å². The van der Waals surface area contributed by atoms with Gasteiger partial charge < -0.3 is 9.64 Å². The van der Waals surface area contributed by atoms with E-state index in [1.54, 1.807) is 18.0 Å². The molecule has 0 aromatic heterocycles. The van der Waals surface area contributed by atoms with Gasteiger partial charge in [-0.15, -0.1) is 0 Å². The topological polar surface area (TPSA) is 29.5 Å². The minimum atomic E-state index is -0.0996. The average Bonchev–Trinajstić information content (AvgIpc) is 2.48. The lowest BCUT2D eigenvalue weighted by atomic mass is 10.2. The van der Waals surface area contributed by atoms with E-state index >= 15 is 0 Å². The maximum Gasteiger partial charge on any atom is 0.252 e. The van der Waals surface area contributed by atoms with Crippen LogP contribution >= 0.6 is 27.5 Å². The molecule has 0 fully saturated rings. The highest BCUT2D eigenvalue weighted by Gasteiger charge is 2.13. The van der Waals surface area contributed by atoms with Crippen LogP contribution in [0.5, 0.6) is 0 Å². The number of aryl methyl sites for hydroxylation is 1. The molecule has 2 rings (SSSR count). The smallest absolute Gasteiger partial charge is 0.252 e. The Labute approximate surface area is 144 Å². The molecule has 3 nitrogen and oxygen atoms in total. The number of ether oxygens (including phenoxy) is 1. The molecule has 0 aliphatic heterocycles. The molecule has 1 amide bonds. The van der Waals surface area contributed by atoms with Gasteiger partial charge in [0.25, 0.3) is 5.91 Å². The Morgan fingerprint density at radius 1 is 1.27 bits per heavy atom. The van der Waals surface area contributed by atoms with Crippen LogP contribution in [0.2, 0.25) is 5.02 Å². The van der Waals surface area contributed by atoms with Crippen LogP contribution in [-0.4, -0.2) is 19.6 Å². The van der Waals surface area contributed by atoms with Crippen LogP contribution in [0, 0.1) is 6.92 Å². The summed E-state index contributed by atoms with van der Waals surface area (Å²) < 4.78 is 6.47. The zero-order valence-corrected chi connectivity index (χ0v) is 14.8. The molecular weight excluding hydrogens is 366 g/mol. The Morgan fingerprint density at radius 2 is 2.00 bits per heavy atom. The molecule has 0 aliphatic carbocycles. The number of nitrogens with zero attached hydrogens (tertiary/aromatic N) is 1. The summed E-state index contributed by atoms with van der Waals surface area (Å²) in [6.45, 7) is 2.30. The van der Waals surface area contributed by atoms with E-state index in [9.17, 15) is 4.79 Å². The predicted octanol–water partition coefficient (Wildman–Crippen LogP) is 4.59. The third kappa shape index (κ3) is 4.32. The molecule has 0 unspecified atom stereocenters. The van der Waals surface area contributed by atoms with Crippen molar-refractivity contribution in [2.75, 3.05) is 18.6 Å². The van der Waals surface area contributed by atoms with Crippen LogP contribution < -0.4 is 4.90 Å². The Morgan fingerprint density at radius 3 is 2.68 bits per heavy atom. The Bertz CT molecular complexity index is 675. The quantitative estimate of drug-likeness (QED) is 0.757. The number of anilines is 1. The molecule has 2 aromatic carbocycles. The predicted molar refractivity (Wildman–Crippen MR) is 93.4 cm³/mol. The second kappa shape index (κ2) is 7.77. The first-order chi connectivity index (χ1) is 10.5. The van der Waals surface area contributed by atoms with Gasteiger partial charge in [0, 0.05) is 22.2 Å². The molecule has 0 bridgehead atoms. The van der Waals surface area contributed by atoms with Gasteiger partial charge >= 0.3 is 0 Å². The third-order valence-electron chi connectivity index (χ3n) is 3.34. The highest BCUT2D eigenvalue weighted by atomic mass is 79.9. The lowest BCUT2D eigenvalue weighted by molar-refractivity contribution is -0.123. The Balaban J connectivity index is 1.93. The normalized spacial score (nSPS) is 10.5. The number of benzene rings is 2. The minimum absolute atomic E-state index is 0.0111. The average molecular weight is 383 g/mol. The highest BCUT2D eigenvalue weighted by molar-refractivity contribution is 9.10. The second-order valence-electron chi connectivity index (χ2n) is 4.97. The van der Waals surface area contributed by atoms with Crippen LogP contribution in [0.3, 0.4) is 0 Å². The monoisotopic (exact) mass is 381 g/mol. The van der Waals surface area contributed by atoms with Crippen molar-refractivity contribution in [3.05, 3.63) is 63.1 Å². The van der Waals surface area contributed by atoms with E-state index in [2.05, 4.69) is 15.9 Å². The standard InChI is InChI=1S/C17H17BrClNO2/c1-12-9-14(18)7-8-16(12)20(2)17(21)11-22-10-13-5-3-4-6-15(13)19/h3-9H,10-11H2,1-2H3. The van der Waals surface area contributed by atoms with Crippen molar-refractivity contribution >= 4 is 39.1 Å². The van der Waals surface area contributed by atoms with Crippen molar-refractivity contribution in [3.63, 3.8) is 0 Å². The van der Waals surface area contributed by atoms with E-state index in [1.165, 1.54) is 0 Å². The van der Waals surface area contributed by atoms with Crippen molar-refractivity contribution in [3.8, 4) is 0 Å². The number of carbonyl (C=O) groups is 1. The van der Waals surface area contributed by atoms with Crippen molar-refractivity contribution in [1.82, 2.24) is 0 Å². The Hall–Kier alpha value is -1.36. The van der Waals surface area contributed by atoms with Gasteiger partial charge in [0.2, 0.25) is 0 Å². The molecule has 0 N–H and O–H groups in total. The van der Waals surface area contributed by atoms with Crippen LogP contribution in [0.4, 0.5) is 5.69 Å². The van der Waals surface area contributed by atoms with E-state index in [1.807, 2.05) is 43.3 Å². The van der Waals surface area contributed by atoms with Gasteiger partial charge in [0.1, 0.15) is 6.61 Å². The van der Waals surface area contributed by atoms with E-state index in [-0.39, 0.29) is 12.5 Å². The Kier molecular flexibility index (Phi) is 6.00. The van der Waals surface area contributed by atoms with Gasteiger partial charge in [-0.1, -0.05) is 45.7 Å². The lowest BCUT2D eigenvalue weighted by Crippen LogP contribution is -2.30. The lowest BCUT2D eigenvalue weighted by Gasteiger charge is -2.20. The van der Waals surface area contributed by atoms with Crippen molar-refractivity contribution in [2.45, 2.75) is 13.5 Å². The molecule has 0 heterocycles. The van der Waals surface area contributed by atoms with E-state index in [0.29, 0.717) is 11.6 Å². The third-order valence-corrected chi connectivity index (χ3v) is 4.20. The largest absolute Gasteiger partial charge is 0.367 e. The first-order valence-electron chi connectivity index (χ1n) is 6.83. The summed E-state index contributed by atoms with van der Waals surface area (Å²) in [6, 6.07) is 13.2. The van der Waals surface area contributed by atoms with Crippen LogP contribution in [0.25, 0.3) is 0 Å². The molecule has 22 heavy (non-hydrogen) atoms. The maximum absolute atomic E-state index is 12.2. The minimum Gasteiger partial charge on any atom is -0.367 e. The summed E-state index contributed by atoms with van der Waals surface area (Å²) in [5.41, 5.74) is 2.77. The molecule has 0 saturated heterocycles. The zero-order chi connectivity index (χ0) is 16.1. The SMILES string of the molecule is Cc1cc(Br)ccc1N(C)C(=O)COCc1ccccc1Cl. The highest BCUT2D eigenvalue weighted by Crippen LogP contribution is 2.23.